The van der Waals surface area contributed by atoms with E-state index in [2.05, 4.69) is 15.5 Å². The summed E-state index contributed by atoms with van der Waals surface area (Å²) in [6.07, 6.45) is 2.21. The van der Waals surface area contributed by atoms with E-state index in [1.165, 1.54) is 11.8 Å². The zero-order chi connectivity index (χ0) is 14.8. The summed E-state index contributed by atoms with van der Waals surface area (Å²) in [5.41, 5.74) is 0.964. The Morgan fingerprint density at radius 1 is 1.33 bits per heavy atom. The molecule has 2 aromatic rings. The van der Waals surface area contributed by atoms with Crippen molar-refractivity contribution in [1.29, 1.82) is 0 Å². The number of amides is 1. The molecule has 1 saturated carbocycles. The van der Waals surface area contributed by atoms with E-state index in [4.69, 9.17) is 0 Å². The molecule has 1 heterocycles. The second kappa shape index (κ2) is 5.85. The summed E-state index contributed by atoms with van der Waals surface area (Å²) in [5, 5.41) is 12.2. The maximum Gasteiger partial charge on any atom is 0.240 e. The third-order valence-electron chi connectivity index (χ3n) is 3.35. The van der Waals surface area contributed by atoms with Crippen LogP contribution in [0.1, 0.15) is 29.7 Å². The molecule has 0 bridgehead atoms. The monoisotopic (exact) mass is 303 g/mol. The van der Waals surface area contributed by atoms with Crippen molar-refractivity contribution in [3.8, 4) is 0 Å². The highest BCUT2D eigenvalue weighted by Gasteiger charge is 2.31. The fourth-order valence-electron chi connectivity index (χ4n) is 2.04. The molecule has 1 aliphatic carbocycles. The van der Waals surface area contributed by atoms with Crippen molar-refractivity contribution in [3.05, 3.63) is 35.9 Å². The molecule has 7 heteroatoms. The Labute approximate surface area is 127 Å². The molecule has 6 nitrogen and oxygen atoms in total. The largest absolute Gasteiger partial charge is 0.348 e. The van der Waals surface area contributed by atoms with Gasteiger partial charge in [0.2, 0.25) is 11.1 Å². The normalized spacial score (nSPS) is 15.7. The molecule has 1 aromatic heterocycles. The first-order valence-electron chi connectivity index (χ1n) is 6.87. The first-order chi connectivity index (χ1) is 10.2. The maximum atomic E-state index is 12.5. The average Bonchev–Trinajstić information content (AvgIpc) is 3.24. The van der Waals surface area contributed by atoms with Crippen LogP contribution in [0.2, 0.25) is 0 Å². The van der Waals surface area contributed by atoms with Crippen molar-refractivity contribution in [2.45, 2.75) is 29.3 Å². The van der Waals surface area contributed by atoms with E-state index in [9.17, 15) is 4.79 Å². The highest BCUT2D eigenvalue weighted by molar-refractivity contribution is 8.00. The topological polar surface area (TPSA) is 63.9 Å². The Morgan fingerprint density at radius 3 is 2.67 bits per heavy atom. The van der Waals surface area contributed by atoms with Crippen LogP contribution in [-0.4, -0.2) is 45.1 Å². The summed E-state index contributed by atoms with van der Waals surface area (Å²) in [5.74, 6) is 0.0385. The molecule has 1 amide bonds. The van der Waals surface area contributed by atoms with Crippen molar-refractivity contribution < 1.29 is 4.79 Å². The lowest BCUT2D eigenvalue weighted by molar-refractivity contribution is -0.128. The van der Waals surface area contributed by atoms with Gasteiger partial charge in [-0.05, 0) is 28.8 Å². The number of hydrogen-bond acceptors (Lipinski definition) is 5. The standard InChI is InChI=1S/C14H17N5OS/c1-18(2)13(20)12(10-6-4-3-5-7-10)21-14-15-16-17-19(14)11-8-9-11/h3-7,11-12H,8-9H2,1-2H3/t12-/m0/s1. The van der Waals surface area contributed by atoms with Gasteiger partial charge in [0.25, 0.3) is 0 Å². The Kier molecular flexibility index (Phi) is 3.92. The van der Waals surface area contributed by atoms with Crippen molar-refractivity contribution in [2.75, 3.05) is 14.1 Å². The van der Waals surface area contributed by atoms with Crippen LogP contribution in [0.15, 0.2) is 35.5 Å². The van der Waals surface area contributed by atoms with E-state index in [1.807, 2.05) is 35.0 Å². The average molecular weight is 303 g/mol. The number of aromatic nitrogens is 4. The zero-order valence-corrected chi connectivity index (χ0v) is 12.8. The van der Waals surface area contributed by atoms with E-state index >= 15 is 0 Å². The Hall–Kier alpha value is -1.89. The molecule has 0 unspecified atom stereocenters. The predicted molar refractivity (Wildman–Crippen MR) is 79.8 cm³/mol. The molecule has 1 aromatic carbocycles. The van der Waals surface area contributed by atoms with Crippen molar-refractivity contribution >= 4 is 17.7 Å². The third-order valence-corrected chi connectivity index (χ3v) is 4.54. The first kappa shape index (κ1) is 14.1. The molecule has 0 saturated heterocycles. The fraction of sp³-hybridized carbons (Fsp3) is 0.429. The lowest BCUT2D eigenvalue weighted by Crippen LogP contribution is -2.27. The van der Waals surface area contributed by atoms with Gasteiger partial charge in [-0.25, -0.2) is 4.68 Å². The van der Waals surface area contributed by atoms with Crippen LogP contribution in [-0.2, 0) is 4.79 Å². The molecule has 21 heavy (non-hydrogen) atoms. The molecule has 3 rings (SSSR count). The molecule has 0 radical (unpaired) electrons. The van der Waals surface area contributed by atoms with Crippen molar-refractivity contribution in [1.82, 2.24) is 25.1 Å². The SMILES string of the molecule is CN(C)C(=O)[C@@H](Sc1nnnn1C1CC1)c1ccccc1. The second-order valence-corrected chi connectivity index (χ2v) is 6.35. The lowest BCUT2D eigenvalue weighted by Gasteiger charge is -2.20. The number of nitrogens with zero attached hydrogens (tertiary/aromatic N) is 5. The van der Waals surface area contributed by atoms with Gasteiger partial charge in [-0.2, -0.15) is 0 Å². The van der Waals surface area contributed by atoms with E-state index in [1.54, 1.807) is 19.0 Å². The van der Waals surface area contributed by atoms with E-state index in [-0.39, 0.29) is 11.2 Å². The Morgan fingerprint density at radius 2 is 2.05 bits per heavy atom. The lowest BCUT2D eigenvalue weighted by atomic mass is 10.1. The van der Waals surface area contributed by atoms with Gasteiger partial charge in [0.15, 0.2) is 0 Å². The van der Waals surface area contributed by atoms with Gasteiger partial charge in [-0.15, -0.1) is 5.10 Å². The molecule has 0 N–H and O–H groups in total. The van der Waals surface area contributed by atoms with Crippen LogP contribution in [0.5, 0.6) is 0 Å². The van der Waals surface area contributed by atoms with Gasteiger partial charge in [-0.3, -0.25) is 4.79 Å². The van der Waals surface area contributed by atoms with Crippen molar-refractivity contribution in [2.24, 2.45) is 0 Å². The number of carbonyl (C=O) groups is 1. The molecule has 110 valence electrons. The molecule has 1 aliphatic rings. The minimum Gasteiger partial charge on any atom is -0.348 e. The summed E-state index contributed by atoms with van der Waals surface area (Å²) in [7, 11) is 3.53. The summed E-state index contributed by atoms with van der Waals surface area (Å²) in [4.78, 5) is 14.1. The highest BCUT2D eigenvalue weighted by atomic mass is 32.2. The number of rotatable bonds is 5. The van der Waals surface area contributed by atoms with Crippen molar-refractivity contribution in [3.63, 3.8) is 0 Å². The van der Waals surface area contributed by atoms with Crippen LogP contribution >= 0.6 is 11.8 Å². The molecule has 1 atom stereocenters. The Balaban J connectivity index is 1.88. The van der Waals surface area contributed by atoms with E-state index in [0.717, 1.165) is 18.4 Å². The van der Waals surface area contributed by atoms with Gasteiger partial charge in [0.05, 0.1) is 6.04 Å². The number of carbonyl (C=O) groups excluding carboxylic acids is 1. The maximum absolute atomic E-state index is 12.5. The zero-order valence-electron chi connectivity index (χ0n) is 12.0. The van der Waals surface area contributed by atoms with E-state index < -0.39 is 0 Å². The molecular formula is C14H17N5OS. The number of benzene rings is 1. The minimum absolute atomic E-state index is 0.0385. The van der Waals surface area contributed by atoms with E-state index in [0.29, 0.717) is 11.2 Å². The second-order valence-electron chi connectivity index (χ2n) is 5.28. The van der Waals surface area contributed by atoms with Crippen LogP contribution in [0.3, 0.4) is 0 Å². The summed E-state index contributed by atoms with van der Waals surface area (Å²) in [6, 6.07) is 10.1. The van der Waals surface area contributed by atoms with Crippen LogP contribution < -0.4 is 0 Å². The first-order valence-corrected chi connectivity index (χ1v) is 7.75. The quantitative estimate of drug-likeness (QED) is 0.790. The Bertz CT molecular complexity index is 623. The molecule has 0 spiro atoms. The van der Waals surface area contributed by atoms with Gasteiger partial charge >= 0.3 is 0 Å². The predicted octanol–water partition coefficient (Wildman–Crippen LogP) is 1.93. The van der Waals surface area contributed by atoms with Gasteiger partial charge in [0.1, 0.15) is 5.25 Å². The van der Waals surface area contributed by atoms with Gasteiger partial charge < -0.3 is 4.90 Å². The summed E-state index contributed by atoms with van der Waals surface area (Å²) in [6.45, 7) is 0. The smallest absolute Gasteiger partial charge is 0.240 e. The highest BCUT2D eigenvalue weighted by Crippen LogP contribution is 2.40. The summed E-state index contributed by atoms with van der Waals surface area (Å²) >= 11 is 1.42. The number of tetrazole rings is 1. The van der Waals surface area contributed by atoms with Gasteiger partial charge in [-0.1, -0.05) is 42.1 Å². The third kappa shape index (κ3) is 3.07. The van der Waals surface area contributed by atoms with Gasteiger partial charge in [0, 0.05) is 14.1 Å². The van der Waals surface area contributed by atoms with Crippen LogP contribution in [0.4, 0.5) is 0 Å². The number of likely N-dealkylation sites (N-methyl/N-ethyl adjacent to an activating group) is 1. The minimum atomic E-state index is -0.329. The number of hydrogen-bond donors (Lipinski definition) is 0. The van der Waals surface area contributed by atoms with Crippen LogP contribution in [0.25, 0.3) is 0 Å². The molecule has 1 fully saturated rings. The fourth-order valence-corrected chi connectivity index (χ4v) is 3.23. The molecule has 0 aliphatic heterocycles. The molecular weight excluding hydrogens is 286 g/mol. The number of thioether (sulfide) groups is 1. The van der Waals surface area contributed by atoms with Crippen LogP contribution in [0, 0.1) is 0 Å². The summed E-state index contributed by atoms with van der Waals surface area (Å²) < 4.78 is 1.84.